The van der Waals surface area contributed by atoms with E-state index in [-0.39, 0.29) is 0 Å². The molecule has 0 bridgehead atoms. The SMILES string of the molecule is Brc1cncc(CNc2cnc(-c3ccccc3)nc2)c1. The van der Waals surface area contributed by atoms with E-state index in [1.54, 1.807) is 18.6 Å². The van der Waals surface area contributed by atoms with Gasteiger partial charge in [-0.15, -0.1) is 0 Å². The summed E-state index contributed by atoms with van der Waals surface area (Å²) in [4.78, 5) is 12.9. The Hall–Kier alpha value is -2.27. The molecule has 0 aliphatic heterocycles. The molecule has 104 valence electrons. The van der Waals surface area contributed by atoms with Gasteiger partial charge >= 0.3 is 0 Å². The van der Waals surface area contributed by atoms with E-state index in [1.807, 2.05) is 42.6 Å². The van der Waals surface area contributed by atoms with Crippen LogP contribution in [-0.4, -0.2) is 15.0 Å². The second-order valence-corrected chi connectivity index (χ2v) is 5.44. The van der Waals surface area contributed by atoms with E-state index in [9.17, 15) is 0 Å². The lowest BCUT2D eigenvalue weighted by atomic mass is 10.2. The molecule has 0 radical (unpaired) electrons. The summed E-state index contributed by atoms with van der Waals surface area (Å²) in [5.41, 5.74) is 2.99. The number of nitrogens with zero attached hydrogens (tertiary/aromatic N) is 3. The van der Waals surface area contributed by atoms with Gasteiger partial charge in [-0.2, -0.15) is 0 Å². The molecule has 0 spiro atoms. The predicted molar refractivity (Wildman–Crippen MR) is 86.7 cm³/mol. The number of rotatable bonds is 4. The van der Waals surface area contributed by atoms with E-state index in [1.165, 1.54) is 0 Å². The Morgan fingerprint density at radius 1 is 0.952 bits per heavy atom. The molecule has 1 aromatic carbocycles. The third-order valence-corrected chi connectivity index (χ3v) is 3.38. The molecular weight excluding hydrogens is 328 g/mol. The molecule has 0 aliphatic carbocycles. The van der Waals surface area contributed by atoms with E-state index < -0.39 is 0 Å². The fraction of sp³-hybridized carbons (Fsp3) is 0.0625. The Kier molecular flexibility index (Phi) is 4.21. The highest BCUT2D eigenvalue weighted by atomic mass is 79.9. The average molecular weight is 341 g/mol. The van der Waals surface area contributed by atoms with Crippen molar-refractivity contribution < 1.29 is 0 Å². The maximum absolute atomic E-state index is 4.38. The molecule has 0 amide bonds. The van der Waals surface area contributed by atoms with Crippen LogP contribution in [-0.2, 0) is 6.54 Å². The van der Waals surface area contributed by atoms with Crippen LogP contribution in [0.25, 0.3) is 11.4 Å². The quantitative estimate of drug-likeness (QED) is 0.782. The number of nitrogens with one attached hydrogen (secondary N) is 1. The minimum Gasteiger partial charge on any atom is -0.378 e. The van der Waals surface area contributed by atoms with E-state index in [2.05, 4.69) is 36.2 Å². The number of halogens is 1. The van der Waals surface area contributed by atoms with Crippen LogP contribution in [0, 0.1) is 0 Å². The monoisotopic (exact) mass is 340 g/mol. The smallest absolute Gasteiger partial charge is 0.159 e. The molecular formula is C16H13BrN4. The van der Waals surface area contributed by atoms with Gasteiger partial charge in [0.1, 0.15) is 0 Å². The molecule has 0 unspecified atom stereocenters. The number of anilines is 1. The van der Waals surface area contributed by atoms with Gasteiger partial charge in [0.25, 0.3) is 0 Å². The normalized spacial score (nSPS) is 10.3. The molecule has 2 aromatic heterocycles. The van der Waals surface area contributed by atoms with Gasteiger partial charge in [-0.25, -0.2) is 9.97 Å². The number of hydrogen-bond donors (Lipinski definition) is 1. The van der Waals surface area contributed by atoms with E-state index >= 15 is 0 Å². The van der Waals surface area contributed by atoms with Crippen LogP contribution in [0.1, 0.15) is 5.56 Å². The molecule has 2 heterocycles. The topological polar surface area (TPSA) is 50.7 Å². The molecule has 0 atom stereocenters. The van der Waals surface area contributed by atoms with Gasteiger partial charge in [0.2, 0.25) is 0 Å². The summed E-state index contributed by atoms with van der Waals surface area (Å²) in [5.74, 6) is 0.727. The molecule has 3 rings (SSSR count). The van der Waals surface area contributed by atoms with E-state index in [0.29, 0.717) is 6.54 Å². The highest BCUT2D eigenvalue weighted by Crippen LogP contribution is 2.16. The summed E-state index contributed by atoms with van der Waals surface area (Å²) in [6.07, 6.45) is 7.18. The van der Waals surface area contributed by atoms with Crippen LogP contribution in [0.3, 0.4) is 0 Å². The van der Waals surface area contributed by atoms with Gasteiger partial charge in [-0.1, -0.05) is 30.3 Å². The van der Waals surface area contributed by atoms with Crippen LogP contribution in [0.5, 0.6) is 0 Å². The number of hydrogen-bond acceptors (Lipinski definition) is 4. The molecule has 5 heteroatoms. The van der Waals surface area contributed by atoms with Gasteiger partial charge in [-0.3, -0.25) is 4.98 Å². The van der Waals surface area contributed by atoms with Gasteiger partial charge in [0, 0.05) is 29.0 Å². The molecule has 21 heavy (non-hydrogen) atoms. The van der Waals surface area contributed by atoms with Crippen LogP contribution >= 0.6 is 15.9 Å². The fourth-order valence-corrected chi connectivity index (χ4v) is 2.32. The van der Waals surface area contributed by atoms with Crippen molar-refractivity contribution in [2.45, 2.75) is 6.54 Å². The van der Waals surface area contributed by atoms with E-state index in [4.69, 9.17) is 0 Å². The Balaban J connectivity index is 1.68. The fourth-order valence-electron chi connectivity index (χ4n) is 1.91. The first-order valence-electron chi connectivity index (χ1n) is 6.52. The lowest BCUT2D eigenvalue weighted by Gasteiger charge is -2.06. The van der Waals surface area contributed by atoms with Crippen LogP contribution in [0.15, 0.2) is 65.7 Å². The van der Waals surface area contributed by atoms with Crippen molar-refractivity contribution in [1.82, 2.24) is 15.0 Å². The average Bonchev–Trinajstić information content (AvgIpc) is 2.54. The molecule has 0 aliphatic rings. The maximum atomic E-state index is 4.38. The zero-order chi connectivity index (χ0) is 14.5. The summed E-state index contributed by atoms with van der Waals surface area (Å²) < 4.78 is 0.970. The number of aromatic nitrogens is 3. The molecule has 3 aromatic rings. The first-order valence-corrected chi connectivity index (χ1v) is 7.31. The summed E-state index contributed by atoms with van der Waals surface area (Å²) >= 11 is 3.41. The second-order valence-electron chi connectivity index (χ2n) is 4.53. The highest BCUT2D eigenvalue weighted by molar-refractivity contribution is 9.10. The molecule has 4 nitrogen and oxygen atoms in total. The van der Waals surface area contributed by atoms with Crippen molar-refractivity contribution in [2.24, 2.45) is 0 Å². The van der Waals surface area contributed by atoms with Crippen molar-refractivity contribution in [3.8, 4) is 11.4 Å². The van der Waals surface area contributed by atoms with Crippen LogP contribution in [0.4, 0.5) is 5.69 Å². The Morgan fingerprint density at radius 2 is 1.71 bits per heavy atom. The standard InChI is InChI=1S/C16H13BrN4/c17-14-6-12(7-18-9-14)8-19-15-10-20-16(21-11-15)13-4-2-1-3-5-13/h1-7,9-11,19H,8H2. The number of pyridine rings is 1. The van der Waals surface area contributed by atoms with Crippen molar-refractivity contribution >= 4 is 21.6 Å². The Labute approximate surface area is 131 Å². The van der Waals surface area contributed by atoms with Crippen molar-refractivity contribution in [3.05, 3.63) is 71.2 Å². The summed E-state index contributed by atoms with van der Waals surface area (Å²) in [7, 11) is 0. The minimum atomic E-state index is 0.681. The van der Waals surface area contributed by atoms with Crippen molar-refractivity contribution in [3.63, 3.8) is 0 Å². The minimum absolute atomic E-state index is 0.681. The largest absolute Gasteiger partial charge is 0.378 e. The lowest BCUT2D eigenvalue weighted by molar-refractivity contribution is 1.08. The van der Waals surface area contributed by atoms with Crippen LogP contribution in [0.2, 0.25) is 0 Å². The number of benzene rings is 1. The van der Waals surface area contributed by atoms with Gasteiger partial charge in [0.05, 0.1) is 18.1 Å². The third kappa shape index (κ3) is 3.64. The summed E-state index contributed by atoms with van der Waals surface area (Å²) in [6.45, 7) is 0.681. The third-order valence-electron chi connectivity index (χ3n) is 2.94. The highest BCUT2D eigenvalue weighted by Gasteiger charge is 2.01. The van der Waals surface area contributed by atoms with Crippen LogP contribution < -0.4 is 5.32 Å². The molecule has 0 saturated heterocycles. The molecule has 0 fully saturated rings. The summed E-state index contributed by atoms with van der Waals surface area (Å²) in [6, 6.07) is 12.0. The van der Waals surface area contributed by atoms with E-state index in [0.717, 1.165) is 27.1 Å². The van der Waals surface area contributed by atoms with Crippen molar-refractivity contribution in [1.29, 1.82) is 0 Å². The Bertz CT molecular complexity index is 714. The van der Waals surface area contributed by atoms with Gasteiger partial charge in [-0.05, 0) is 27.6 Å². The molecule has 0 saturated carbocycles. The predicted octanol–water partition coefficient (Wildman–Crippen LogP) is 3.91. The Morgan fingerprint density at radius 3 is 2.43 bits per heavy atom. The second kappa shape index (κ2) is 6.45. The zero-order valence-corrected chi connectivity index (χ0v) is 12.8. The lowest BCUT2D eigenvalue weighted by Crippen LogP contribution is -2.01. The maximum Gasteiger partial charge on any atom is 0.159 e. The van der Waals surface area contributed by atoms with Gasteiger partial charge < -0.3 is 5.32 Å². The first kappa shape index (κ1) is 13.7. The van der Waals surface area contributed by atoms with Crippen molar-refractivity contribution in [2.75, 3.05) is 5.32 Å². The van der Waals surface area contributed by atoms with Gasteiger partial charge in [0.15, 0.2) is 5.82 Å². The molecule has 1 N–H and O–H groups in total. The summed E-state index contributed by atoms with van der Waals surface area (Å²) in [5, 5.41) is 3.28. The zero-order valence-electron chi connectivity index (χ0n) is 11.2. The first-order chi connectivity index (χ1) is 10.3.